The smallest absolute Gasteiger partial charge is 0.337 e. The van der Waals surface area contributed by atoms with Crippen molar-refractivity contribution in [3.63, 3.8) is 0 Å². The zero-order valence-electron chi connectivity index (χ0n) is 19.4. The van der Waals surface area contributed by atoms with E-state index in [1.807, 2.05) is 12.1 Å². The fraction of sp³-hybridized carbons (Fsp3) is 0.583. The molecule has 1 rings (SSSR count). The molecule has 0 bridgehead atoms. The molecule has 1 amide bonds. The van der Waals surface area contributed by atoms with Gasteiger partial charge in [0.05, 0.1) is 18.7 Å². The predicted octanol–water partition coefficient (Wildman–Crippen LogP) is 5.30. The van der Waals surface area contributed by atoms with Crippen LogP contribution in [0.25, 0.3) is 0 Å². The summed E-state index contributed by atoms with van der Waals surface area (Å²) in [6.45, 7) is 17.3. The third-order valence-corrected chi connectivity index (χ3v) is 12.3. The van der Waals surface area contributed by atoms with Crippen molar-refractivity contribution in [1.82, 2.24) is 5.32 Å². The number of hydrogen-bond acceptors (Lipinski definition) is 3. The minimum Gasteiger partial charge on any atom is -0.465 e. The molecule has 0 radical (unpaired) electrons. The molecule has 0 saturated heterocycles. The van der Waals surface area contributed by atoms with Crippen molar-refractivity contribution >= 4 is 20.0 Å². The number of amides is 1. The first-order valence-corrected chi connectivity index (χ1v) is 12.7. The van der Waals surface area contributed by atoms with E-state index in [4.69, 9.17) is 4.74 Å². The largest absolute Gasteiger partial charge is 0.465 e. The van der Waals surface area contributed by atoms with Gasteiger partial charge in [0, 0.05) is 12.8 Å². The Balaban J connectivity index is 3.32. The predicted molar refractivity (Wildman–Crippen MR) is 123 cm³/mol. The number of methoxy groups -OCH3 is 1. The minimum absolute atomic E-state index is 0.00344. The minimum atomic E-state index is -1.89. The van der Waals surface area contributed by atoms with Crippen molar-refractivity contribution in [3.05, 3.63) is 35.4 Å². The summed E-state index contributed by atoms with van der Waals surface area (Å²) in [7, 11) is -0.520. The Bertz CT molecular complexity index is 735. The SMILES string of the molecule is COC(=O)c1ccc([C@H](C)[C@H](C#C[Si](C(C)C)(C(C)C)C(C)C)NC(C)=O)cc1. The molecule has 0 unspecified atom stereocenters. The molecule has 1 aromatic rings. The zero-order valence-corrected chi connectivity index (χ0v) is 20.4. The van der Waals surface area contributed by atoms with Crippen molar-refractivity contribution < 1.29 is 14.3 Å². The van der Waals surface area contributed by atoms with E-state index in [0.29, 0.717) is 22.2 Å². The van der Waals surface area contributed by atoms with Gasteiger partial charge in [-0.25, -0.2) is 4.79 Å². The third-order valence-electron chi connectivity index (χ3n) is 6.03. The van der Waals surface area contributed by atoms with Gasteiger partial charge in [0.2, 0.25) is 5.91 Å². The molecule has 0 saturated carbocycles. The maximum absolute atomic E-state index is 11.9. The Hall–Kier alpha value is -2.06. The highest BCUT2D eigenvalue weighted by atomic mass is 28.3. The molecule has 0 aliphatic rings. The van der Waals surface area contributed by atoms with Crippen molar-refractivity contribution in [3.8, 4) is 11.5 Å². The van der Waals surface area contributed by atoms with E-state index in [2.05, 4.69) is 65.2 Å². The molecule has 0 aliphatic carbocycles. The van der Waals surface area contributed by atoms with Gasteiger partial charge >= 0.3 is 5.97 Å². The molecule has 160 valence electrons. The van der Waals surface area contributed by atoms with Crippen molar-refractivity contribution in [2.75, 3.05) is 7.11 Å². The number of rotatable bonds is 7. The second-order valence-corrected chi connectivity index (χ2v) is 14.3. The van der Waals surface area contributed by atoms with Gasteiger partial charge in [-0.05, 0) is 34.3 Å². The molecule has 1 N–H and O–H groups in total. The summed E-state index contributed by atoms with van der Waals surface area (Å²) in [6.07, 6.45) is 0. The van der Waals surface area contributed by atoms with Gasteiger partial charge in [-0.1, -0.05) is 66.5 Å². The van der Waals surface area contributed by atoms with Gasteiger partial charge in [-0.2, -0.15) is 0 Å². The summed E-state index contributed by atoms with van der Waals surface area (Å²) in [4.78, 5) is 23.6. The molecule has 5 heteroatoms. The van der Waals surface area contributed by atoms with Gasteiger partial charge in [-0.3, -0.25) is 4.79 Å². The molecule has 2 atom stereocenters. The zero-order chi connectivity index (χ0) is 22.4. The van der Waals surface area contributed by atoms with Crippen molar-refractivity contribution in [1.29, 1.82) is 0 Å². The van der Waals surface area contributed by atoms with Crippen LogP contribution in [0, 0.1) is 11.5 Å². The lowest BCUT2D eigenvalue weighted by Gasteiger charge is -2.38. The van der Waals surface area contributed by atoms with Crippen LogP contribution in [-0.2, 0) is 9.53 Å². The number of esters is 1. The number of carbonyl (C=O) groups excluding carboxylic acids is 2. The standard InChI is InChI=1S/C24H37NO3Si/c1-16(2)29(17(3)4,18(5)6)15-14-23(25-20(8)26)19(7)21-10-12-22(13-11-21)24(27)28-9/h10-13,16-19,23H,1-9H3,(H,25,26)/t19-,23-/m0/s1. The highest BCUT2D eigenvalue weighted by Gasteiger charge is 2.41. The van der Waals surface area contributed by atoms with Gasteiger partial charge in [0.25, 0.3) is 0 Å². The molecular formula is C24H37NO3Si. The van der Waals surface area contributed by atoms with Crippen molar-refractivity contribution in [2.24, 2.45) is 0 Å². The highest BCUT2D eigenvalue weighted by Crippen LogP contribution is 2.40. The summed E-state index contributed by atoms with van der Waals surface area (Å²) < 4.78 is 4.77. The Morgan fingerprint density at radius 1 is 0.931 bits per heavy atom. The van der Waals surface area contributed by atoms with Gasteiger partial charge in [0.15, 0.2) is 0 Å². The van der Waals surface area contributed by atoms with E-state index in [0.717, 1.165) is 5.56 Å². The summed E-state index contributed by atoms with van der Waals surface area (Å²) in [5, 5.41) is 3.03. The van der Waals surface area contributed by atoms with E-state index in [1.165, 1.54) is 14.0 Å². The van der Waals surface area contributed by atoms with E-state index < -0.39 is 8.07 Å². The third kappa shape index (κ3) is 5.96. The summed E-state index contributed by atoms with van der Waals surface area (Å²) in [5.41, 5.74) is 6.85. The fourth-order valence-electron chi connectivity index (χ4n) is 4.37. The Labute approximate surface area is 177 Å². The van der Waals surface area contributed by atoms with E-state index in [1.54, 1.807) is 12.1 Å². The average Bonchev–Trinajstić information content (AvgIpc) is 2.65. The molecular weight excluding hydrogens is 378 g/mol. The van der Waals surface area contributed by atoms with E-state index in [-0.39, 0.29) is 23.8 Å². The first-order chi connectivity index (χ1) is 13.5. The van der Waals surface area contributed by atoms with Crippen LogP contribution < -0.4 is 5.32 Å². The second-order valence-electron chi connectivity index (χ2n) is 8.75. The first-order valence-electron chi connectivity index (χ1n) is 10.4. The van der Waals surface area contributed by atoms with Crippen LogP contribution in [0.2, 0.25) is 16.6 Å². The van der Waals surface area contributed by atoms with Gasteiger partial charge < -0.3 is 10.1 Å². The summed E-state index contributed by atoms with van der Waals surface area (Å²) >= 11 is 0. The number of hydrogen-bond donors (Lipinski definition) is 1. The maximum atomic E-state index is 11.9. The lowest BCUT2D eigenvalue weighted by molar-refractivity contribution is -0.119. The van der Waals surface area contributed by atoms with Crippen LogP contribution in [0.1, 0.15) is 77.2 Å². The number of nitrogens with one attached hydrogen (secondary N) is 1. The highest BCUT2D eigenvalue weighted by molar-refractivity contribution is 6.90. The van der Waals surface area contributed by atoms with Crippen LogP contribution in [0.15, 0.2) is 24.3 Å². The van der Waals surface area contributed by atoms with Crippen LogP contribution >= 0.6 is 0 Å². The van der Waals surface area contributed by atoms with Gasteiger partial charge in [-0.15, -0.1) is 5.54 Å². The molecule has 0 fully saturated rings. The average molecular weight is 416 g/mol. The monoisotopic (exact) mass is 415 g/mol. The number of benzene rings is 1. The summed E-state index contributed by atoms with van der Waals surface area (Å²) in [6, 6.07) is 7.05. The Kier molecular flexibility index (Phi) is 9.16. The topological polar surface area (TPSA) is 55.4 Å². The van der Waals surface area contributed by atoms with Crippen molar-refractivity contribution in [2.45, 2.75) is 84.0 Å². The van der Waals surface area contributed by atoms with E-state index >= 15 is 0 Å². The van der Waals surface area contributed by atoms with Gasteiger partial charge in [0.1, 0.15) is 8.07 Å². The van der Waals surface area contributed by atoms with E-state index in [9.17, 15) is 9.59 Å². The molecule has 0 aromatic heterocycles. The molecule has 0 heterocycles. The molecule has 1 aromatic carbocycles. The Morgan fingerprint density at radius 3 is 1.79 bits per heavy atom. The Morgan fingerprint density at radius 2 is 1.41 bits per heavy atom. The lowest BCUT2D eigenvalue weighted by atomic mass is 9.93. The molecule has 0 aliphatic heterocycles. The maximum Gasteiger partial charge on any atom is 0.337 e. The van der Waals surface area contributed by atoms with Crippen LogP contribution in [0.3, 0.4) is 0 Å². The second kappa shape index (κ2) is 10.6. The lowest BCUT2D eigenvalue weighted by Crippen LogP contribution is -2.44. The number of carbonyl (C=O) groups is 2. The molecule has 0 spiro atoms. The van der Waals surface area contributed by atoms with Crippen LogP contribution in [0.4, 0.5) is 0 Å². The summed E-state index contributed by atoms with van der Waals surface area (Å²) in [5.74, 6) is 3.02. The normalized spacial score (nSPS) is 13.7. The first kappa shape index (κ1) is 25.0. The van der Waals surface area contributed by atoms with Crippen LogP contribution in [0.5, 0.6) is 0 Å². The molecule has 4 nitrogen and oxygen atoms in total. The molecule has 29 heavy (non-hydrogen) atoms. The van der Waals surface area contributed by atoms with Crippen LogP contribution in [-0.4, -0.2) is 33.1 Å². The fourth-order valence-corrected chi connectivity index (χ4v) is 9.65. The quantitative estimate of drug-likeness (QED) is 0.373. The number of ether oxygens (including phenoxy) is 1.